The summed E-state index contributed by atoms with van der Waals surface area (Å²) in [5.41, 5.74) is 13.0. The van der Waals surface area contributed by atoms with Crippen molar-refractivity contribution in [3.8, 4) is 0 Å². The molecule has 0 radical (unpaired) electrons. The van der Waals surface area contributed by atoms with Crippen molar-refractivity contribution in [3.63, 3.8) is 0 Å². The van der Waals surface area contributed by atoms with Crippen LogP contribution in [0.1, 0.15) is 0 Å². The van der Waals surface area contributed by atoms with Crippen molar-refractivity contribution in [3.05, 3.63) is 82.9 Å². The van der Waals surface area contributed by atoms with Crippen LogP contribution in [-0.2, 0) is 0 Å². The first kappa shape index (κ1) is 21.2. The first-order valence-electron chi connectivity index (χ1n) is 8.08. The lowest BCUT2D eigenvalue weighted by Crippen LogP contribution is -2.06. The van der Waals surface area contributed by atoms with Gasteiger partial charge >= 0.3 is 0 Å². The lowest BCUT2D eigenvalue weighted by molar-refractivity contribution is 0.395. The van der Waals surface area contributed by atoms with Crippen molar-refractivity contribution >= 4 is 32.9 Å². The summed E-state index contributed by atoms with van der Waals surface area (Å²) in [6.07, 6.45) is 0. The molecule has 0 amide bonds. The number of halogens is 8. The fraction of sp³-hybridized carbons (Fsp3) is 0. The minimum Gasteiger partial charge on any atom is -0.398 e. The summed E-state index contributed by atoms with van der Waals surface area (Å²) in [4.78, 5) is 0. The SMILES string of the molecule is Fc1c(F)c(F)c2c(F)c(F)c(F)c(F)c2c1F.Nc1cccc2cccc(N)c12. The molecule has 0 aliphatic carbocycles. The van der Waals surface area contributed by atoms with E-state index < -0.39 is 57.3 Å². The molecular formula is C20H10F8N2. The minimum absolute atomic E-state index is 0.741. The number of benzene rings is 4. The molecule has 4 N–H and O–H groups in total. The average Bonchev–Trinajstić information content (AvgIpc) is 2.72. The Morgan fingerprint density at radius 1 is 0.400 bits per heavy atom. The standard InChI is InChI=1S/C10F8.C10H10N2/c11-3-1-2(5(13)9(17)7(3)15)6(14)10(18)8(16)4(1)12;11-8-5-1-3-7-4-2-6-9(12)10(7)8/h;1-6H,11-12H2. The van der Waals surface area contributed by atoms with Gasteiger partial charge in [0.05, 0.1) is 10.8 Å². The van der Waals surface area contributed by atoms with Gasteiger partial charge in [-0.2, -0.15) is 0 Å². The third kappa shape index (κ3) is 3.23. The molecule has 156 valence electrons. The molecule has 0 heterocycles. The Morgan fingerprint density at radius 3 is 0.967 bits per heavy atom. The lowest BCUT2D eigenvalue weighted by atomic mass is 10.1. The van der Waals surface area contributed by atoms with Crippen molar-refractivity contribution in [1.82, 2.24) is 0 Å². The fourth-order valence-electron chi connectivity index (χ4n) is 2.86. The van der Waals surface area contributed by atoms with Crippen molar-refractivity contribution in [2.75, 3.05) is 11.5 Å². The molecule has 4 aromatic carbocycles. The zero-order valence-electron chi connectivity index (χ0n) is 14.6. The molecule has 4 aromatic rings. The van der Waals surface area contributed by atoms with Gasteiger partial charge in [-0.3, -0.25) is 0 Å². The Kier molecular flexibility index (Phi) is 5.43. The number of anilines is 2. The predicted molar refractivity (Wildman–Crippen MR) is 96.4 cm³/mol. The molecule has 0 aliphatic rings. The Hall–Kier alpha value is -3.56. The van der Waals surface area contributed by atoms with Crippen LogP contribution in [0.3, 0.4) is 0 Å². The summed E-state index contributed by atoms with van der Waals surface area (Å²) in [5, 5.41) is -1.61. The largest absolute Gasteiger partial charge is 0.398 e. The van der Waals surface area contributed by atoms with Crippen molar-refractivity contribution in [2.24, 2.45) is 0 Å². The molecule has 0 aromatic heterocycles. The first-order valence-corrected chi connectivity index (χ1v) is 8.08. The van der Waals surface area contributed by atoms with Crippen LogP contribution < -0.4 is 11.5 Å². The van der Waals surface area contributed by atoms with E-state index in [1.807, 2.05) is 36.4 Å². The highest BCUT2D eigenvalue weighted by Gasteiger charge is 2.30. The summed E-state index contributed by atoms with van der Waals surface area (Å²) in [6.45, 7) is 0. The van der Waals surface area contributed by atoms with E-state index in [4.69, 9.17) is 11.5 Å². The van der Waals surface area contributed by atoms with Crippen LogP contribution in [-0.4, -0.2) is 0 Å². The molecule has 0 atom stereocenters. The smallest absolute Gasteiger partial charge is 0.198 e. The Balaban J connectivity index is 0.000000184. The molecule has 2 nitrogen and oxygen atoms in total. The van der Waals surface area contributed by atoms with Crippen LogP contribution in [0.4, 0.5) is 46.5 Å². The maximum atomic E-state index is 13.1. The molecule has 0 unspecified atom stereocenters. The van der Waals surface area contributed by atoms with Gasteiger partial charge in [-0.1, -0.05) is 24.3 Å². The topological polar surface area (TPSA) is 52.0 Å². The molecule has 10 heteroatoms. The number of nitrogens with two attached hydrogens (primary N) is 2. The fourth-order valence-corrected chi connectivity index (χ4v) is 2.86. The molecular weight excluding hydrogens is 420 g/mol. The van der Waals surface area contributed by atoms with Gasteiger partial charge in [0.2, 0.25) is 0 Å². The van der Waals surface area contributed by atoms with Crippen molar-refractivity contribution in [1.29, 1.82) is 0 Å². The van der Waals surface area contributed by atoms with Crippen molar-refractivity contribution in [2.45, 2.75) is 0 Å². The second-order valence-corrected chi connectivity index (χ2v) is 6.05. The van der Waals surface area contributed by atoms with Gasteiger partial charge in [0.25, 0.3) is 0 Å². The van der Waals surface area contributed by atoms with E-state index in [0.717, 1.165) is 22.1 Å². The number of hydrogen-bond donors (Lipinski definition) is 2. The zero-order valence-corrected chi connectivity index (χ0v) is 14.6. The summed E-state index contributed by atoms with van der Waals surface area (Å²) >= 11 is 0. The Bertz CT molecular complexity index is 1150. The van der Waals surface area contributed by atoms with Crippen molar-refractivity contribution < 1.29 is 35.1 Å². The molecule has 0 bridgehead atoms. The molecule has 0 fully saturated rings. The maximum absolute atomic E-state index is 13.1. The number of fused-ring (bicyclic) bond motifs is 2. The van der Waals surface area contributed by atoms with Crippen LogP contribution in [0.2, 0.25) is 0 Å². The van der Waals surface area contributed by atoms with Crippen LogP contribution in [0.5, 0.6) is 0 Å². The highest BCUT2D eigenvalue weighted by molar-refractivity contribution is 6.01. The van der Waals surface area contributed by atoms with Gasteiger partial charge in [-0.25, -0.2) is 35.1 Å². The zero-order chi connectivity index (χ0) is 22.3. The third-order valence-electron chi connectivity index (χ3n) is 4.25. The van der Waals surface area contributed by atoms with E-state index in [0.29, 0.717) is 0 Å². The molecule has 4 rings (SSSR count). The highest BCUT2D eigenvalue weighted by Crippen LogP contribution is 2.33. The van der Waals surface area contributed by atoms with E-state index in [-0.39, 0.29) is 0 Å². The van der Waals surface area contributed by atoms with Gasteiger partial charge in [0.1, 0.15) is 0 Å². The quantitative estimate of drug-likeness (QED) is 0.157. The Morgan fingerprint density at radius 2 is 0.700 bits per heavy atom. The lowest BCUT2D eigenvalue weighted by Gasteiger charge is -2.08. The van der Waals surface area contributed by atoms with E-state index in [9.17, 15) is 35.1 Å². The molecule has 0 spiro atoms. The van der Waals surface area contributed by atoms with Gasteiger partial charge < -0.3 is 11.5 Å². The third-order valence-corrected chi connectivity index (χ3v) is 4.25. The first-order chi connectivity index (χ1) is 14.1. The molecule has 30 heavy (non-hydrogen) atoms. The number of hydrogen-bond acceptors (Lipinski definition) is 2. The Labute approximate surface area is 163 Å². The van der Waals surface area contributed by atoms with E-state index in [1.54, 1.807) is 0 Å². The highest BCUT2D eigenvalue weighted by atomic mass is 19.2. The number of nitrogen functional groups attached to an aromatic ring is 2. The second-order valence-electron chi connectivity index (χ2n) is 6.05. The second kappa shape index (κ2) is 7.69. The monoisotopic (exact) mass is 430 g/mol. The normalized spacial score (nSPS) is 10.9. The molecule has 0 aliphatic heterocycles. The van der Waals surface area contributed by atoms with Gasteiger partial charge in [0.15, 0.2) is 46.5 Å². The maximum Gasteiger partial charge on any atom is 0.198 e. The van der Waals surface area contributed by atoms with Gasteiger partial charge in [-0.15, -0.1) is 0 Å². The number of rotatable bonds is 0. The van der Waals surface area contributed by atoms with Crippen LogP contribution in [0.15, 0.2) is 36.4 Å². The molecule has 0 saturated carbocycles. The predicted octanol–water partition coefficient (Wildman–Crippen LogP) is 5.96. The van der Waals surface area contributed by atoms with Crippen LogP contribution in [0, 0.1) is 46.5 Å². The van der Waals surface area contributed by atoms with E-state index in [1.165, 1.54) is 0 Å². The average molecular weight is 430 g/mol. The van der Waals surface area contributed by atoms with Crippen LogP contribution >= 0.6 is 0 Å². The molecule has 0 saturated heterocycles. The summed E-state index contributed by atoms with van der Waals surface area (Å²) in [5.74, 6) is -19.2. The van der Waals surface area contributed by atoms with E-state index in [2.05, 4.69) is 0 Å². The van der Waals surface area contributed by atoms with E-state index >= 15 is 0 Å². The van der Waals surface area contributed by atoms with Gasteiger partial charge in [-0.05, 0) is 17.5 Å². The summed E-state index contributed by atoms with van der Waals surface area (Å²) in [7, 11) is 0. The van der Waals surface area contributed by atoms with Gasteiger partial charge in [0, 0.05) is 16.8 Å². The summed E-state index contributed by atoms with van der Waals surface area (Å²) < 4.78 is 104. The summed E-state index contributed by atoms with van der Waals surface area (Å²) in [6, 6.07) is 11.6. The van der Waals surface area contributed by atoms with Crippen LogP contribution in [0.25, 0.3) is 21.5 Å². The minimum atomic E-state index is -2.45.